The zero-order chi connectivity index (χ0) is 14.9. The minimum atomic E-state index is -1.16. The van der Waals surface area contributed by atoms with Crippen LogP contribution < -0.4 is 5.32 Å². The van der Waals surface area contributed by atoms with Crippen molar-refractivity contribution in [1.82, 2.24) is 5.32 Å². The van der Waals surface area contributed by atoms with E-state index in [1.54, 1.807) is 6.07 Å². The van der Waals surface area contributed by atoms with E-state index < -0.39 is 17.4 Å². The molecule has 0 saturated heterocycles. The number of amides is 1. The van der Waals surface area contributed by atoms with Gasteiger partial charge in [-0.3, -0.25) is 4.79 Å². The minimum Gasteiger partial charge on any atom is -0.480 e. The summed E-state index contributed by atoms with van der Waals surface area (Å²) >= 11 is 0. The number of carbonyl (C=O) groups excluding carboxylic acids is 1. The van der Waals surface area contributed by atoms with Gasteiger partial charge >= 0.3 is 5.97 Å². The Hall–Kier alpha value is -2.30. The molecule has 1 aliphatic rings. The van der Waals surface area contributed by atoms with Crippen molar-refractivity contribution in [3.63, 3.8) is 0 Å². The lowest BCUT2D eigenvalue weighted by Crippen LogP contribution is -2.55. The predicted molar refractivity (Wildman–Crippen MR) is 77.1 cm³/mol. The fraction of sp³-hybridized carbons (Fsp3) is 0.375. The van der Waals surface area contributed by atoms with E-state index in [-0.39, 0.29) is 5.76 Å². The topological polar surface area (TPSA) is 79.5 Å². The van der Waals surface area contributed by atoms with Crippen molar-refractivity contribution in [2.75, 3.05) is 0 Å². The van der Waals surface area contributed by atoms with Crippen LogP contribution in [0.25, 0.3) is 10.8 Å². The van der Waals surface area contributed by atoms with Gasteiger partial charge in [0, 0.05) is 10.8 Å². The number of fused-ring (bicyclic) bond motifs is 1. The highest BCUT2D eigenvalue weighted by Gasteiger charge is 2.41. The zero-order valence-corrected chi connectivity index (χ0v) is 11.6. The molecule has 0 radical (unpaired) electrons. The van der Waals surface area contributed by atoms with E-state index in [1.165, 1.54) is 6.26 Å². The summed E-state index contributed by atoms with van der Waals surface area (Å²) in [4.78, 5) is 24.0. The zero-order valence-electron chi connectivity index (χ0n) is 11.6. The SMILES string of the molecule is O=C(NC1(C(=O)O)CCCCC1)c1occ2ccccc12. The molecule has 1 aromatic carbocycles. The Bertz CT molecular complexity index is 682. The molecule has 21 heavy (non-hydrogen) atoms. The second kappa shape index (κ2) is 5.24. The Labute approximate surface area is 121 Å². The fourth-order valence-corrected chi connectivity index (χ4v) is 2.99. The molecule has 3 rings (SSSR count). The summed E-state index contributed by atoms with van der Waals surface area (Å²) in [5, 5.41) is 13.7. The van der Waals surface area contributed by atoms with E-state index in [0.717, 1.165) is 24.6 Å². The van der Waals surface area contributed by atoms with Crippen molar-refractivity contribution >= 4 is 22.6 Å². The second-order valence-electron chi connectivity index (χ2n) is 5.55. The van der Waals surface area contributed by atoms with Gasteiger partial charge in [-0.1, -0.05) is 43.5 Å². The quantitative estimate of drug-likeness (QED) is 0.909. The molecule has 0 spiro atoms. The van der Waals surface area contributed by atoms with Crippen LogP contribution >= 0.6 is 0 Å². The van der Waals surface area contributed by atoms with E-state index in [0.29, 0.717) is 18.2 Å². The highest BCUT2D eigenvalue weighted by Crippen LogP contribution is 2.29. The molecule has 110 valence electrons. The number of hydrogen-bond donors (Lipinski definition) is 2. The molecule has 1 saturated carbocycles. The molecule has 1 aromatic heterocycles. The van der Waals surface area contributed by atoms with Crippen molar-refractivity contribution < 1.29 is 19.1 Å². The van der Waals surface area contributed by atoms with Crippen molar-refractivity contribution in [3.8, 4) is 0 Å². The standard InChI is InChI=1S/C16H17NO4/c18-14(13-12-7-3-2-6-11(12)10-21-13)17-16(15(19)20)8-4-1-5-9-16/h2-3,6-7,10H,1,4-5,8-9H2,(H,17,18)(H,19,20). The Morgan fingerprint density at radius 3 is 2.57 bits per heavy atom. The third-order valence-electron chi connectivity index (χ3n) is 4.18. The van der Waals surface area contributed by atoms with Crippen LogP contribution in [0.1, 0.15) is 42.7 Å². The fourth-order valence-electron chi connectivity index (χ4n) is 2.99. The normalized spacial score (nSPS) is 17.5. The highest BCUT2D eigenvalue weighted by atomic mass is 16.4. The van der Waals surface area contributed by atoms with Crippen molar-refractivity contribution in [3.05, 3.63) is 36.3 Å². The number of aliphatic carboxylic acids is 1. The summed E-state index contributed by atoms with van der Waals surface area (Å²) in [6.07, 6.45) is 5.07. The van der Waals surface area contributed by atoms with E-state index in [2.05, 4.69) is 5.32 Å². The molecule has 1 fully saturated rings. The second-order valence-corrected chi connectivity index (χ2v) is 5.55. The molecule has 1 amide bonds. The first-order valence-corrected chi connectivity index (χ1v) is 7.14. The van der Waals surface area contributed by atoms with Gasteiger partial charge in [-0.05, 0) is 12.8 Å². The van der Waals surface area contributed by atoms with Gasteiger partial charge in [-0.2, -0.15) is 0 Å². The maximum absolute atomic E-state index is 12.4. The van der Waals surface area contributed by atoms with Gasteiger partial charge < -0.3 is 14.8 Å². The molecule has 1 aliphatic carbocycles. The van der Waals surface area contributed by atoms with Crippen LogP contribution in [-0.4, -0.2) is 22.5 Å². The minimum absolute atomic E-state index is 0.178. The van der Waals surface area contributed by atoms with E-state index >= 15 is 0 Å². The van der Waals surface area contributed by atoms with Crippen LogP contribution in [0.5, 0.6) is 0 Å². The lowest BCUT2D eigenvalue weighted by atomic mass is 9.81. The first kappa shape index (κ1) is 13.7. The monoisotopic (exact) mass is 287 g/mol. The number of rotatable bonds is 3. The van der Waals surface area contributed by atoms with Gasteiger partial charge in [-0.25, -0.2) is 4.79 Å². The first-order chi connectivity index (χ1) is 10.1. The number of carboxylic acids is 1. The summed E-state index contributed by atoms with van der Waals surface area (Å²) in [5.41, 5.74) is -1.16. The van der Waals surface area contributed by atoms with E-state index in [9.17, 15) is 14.7 Å². The average molecular weight is 287 g/mol. The molecule has 2 aromatic rings. The van der Waals surface area contributed by atoms with Gasteiger partial charge in [0.15, 0.2) is 5.76 Å². The van der Waals surface area contributed by atoms with E-state index in [4.69, 9.17) is 4.42 Å². The van der Waals surface area contributed by atoms with Gasteiger partial charge in [0.1, 0.15) is 5.54 Å². The van der Waals surface area contributed by atoms with Crippen LogP contribution in [0.4, 0.5) is 0 Å². The molecule has 1 heterocycles. The average Bonchev–Trinajstić information content (AvgIpc) is 2.92. The van der Waals surface area contributed by atoms with Crippen LogP contribution in [0.2, 0.25) is 0 Å². The van der Waals surface area contributed by atoms with Crippen LogP contribution in [-0.2, 0) is 4.79 Å². The highest BCUT2D eigenvalue weighted by molar-refractivity contribution is 6.06. The third-order valence-corrected chi connectivity index (χ3v) is 4.18. The smallest absolute Gasteiger partial charge is 0.329 e. The number of carbonyl (C=O) groups is 2. The molecule has 5 heteroatoms. The Morgan fingerprint density at radius 2 is 1.86 bits per heavy atom. The summed E-state index contributed by atoms with van der Waals surface area (Å²) in [6, 6.07) is 7.33. The van der Waals surface area contributed by atoms with Crippen LogP contribution in [0.3, 0.4) is 0 Å². The lowest BCUT2D eigenvalue weighted by molar-refractivity contribution is -0.145. The number of hydrogen-bond acceptors (Lipinski definition) is 3. The van der Waals surface area contributed by atoms with E-state index in [1.807, 2.05) is 18.2 Å². The van der Waals surface area contributed by atoms with Crippen molar-refractivity contribution in [2.45, 2.75) is 37.6 Å². The lowest BCUT2D eigenvalue weighted by Gasteiger charge is -2.33. The number of benzene rings is 1. The molecule has 0 atom stereocenters. The molecule has 5 nitrogen and oxygen atoms in total. The third kappa shape index (κ3) is 2.39. The Kier molecular flexibility index (Phi) is 3.41. The van der Waals surface area contributed by atoms with Gasteiger partial charge in [0.2, 0.25) is 0 Å². The predicted octanol–water partition coefficient (Wildman–Crippen LogP) is 2.95. The van der Waals surface area contributed by atoms with Gasteiger partial charge in [-0.15, -0.1) is 0 Å². The molecule has 0 unspecified atom stereocenters. The Balaban J connectivity index is 1.89. The summed E-state index contributed by atoms with van der Waals surface area (Å²) < 4.78 is 5.34. The number of nitrogens with one attached hydrogen (secondary N) is 1. The molecular weight excluding hydrogens is 270 g/mol. The van der Waals surface area contributed by atoms with Crippen molar-refractivity contribution in [2.24, 2.45) is 0 Å². The maximum Gasteiger partial charge on any atom is 0.329 e. The van der Waals surface area contributed by atoms with Gasteiger partial charge in [0.05, 0.1) is 6.26 Å². The Morgan fingerprint density at radius 1 is 1.14 bits per heavy atom. The molecular formula is C16H17NO4. The molecule has 0 aliphatic heterocycles. The summed E-state index contributed by atoms with van der Waals surface area (Å²) in [6.45, 7) is 0. The maximum atomic E-state index is 12.4. The number of carboxylic acid groups (broad SMARTS) is 1. The van der Waals surface area contributed by atoms with Crippen LogP contribution in [0.15, 0.2) is 34.9 Å². The largest absolute Gasteiger partial charge is 0.480 e. The van der Waals surface area contributed by atoms with Gasteiger partial charge in [0.25, 0.3) is 5.91 Å². The van der Waals surface area contributed by atoms with Crippen molar-refractivity contribution in [1.29, 1.82) is 0 Å². The summed E-state index contributed by atoms with van der Waals surface area (Å²) in [7, 11) is 0. The summed E-state index contributed by atoms with van der Waals surface area (Å²) in [5.74, 6) is -1.25. The number of furan rings is 1. The molecule has 2 N–H and O–H groups in total. The first-order valence-electron chi connectivity index (χ1n) is 7.14. The van der Waals surface area contributed by atoms with Crippen LogP contribution in [0, 0.1) is 0 Å². The molecule has 0 bridgehead atoms.